The normalized spacial score (nSPS) is 11.2. The van der Waals surface area contributed by atoms with E-state index in [4.69, 9.17) is 23.2 Å². The van der Waals surface area contributed by atoms with Gasteiger partial charge in [0.05, 0.1) is 11.4 Å². The topological polar surface area (TPSA) is 100 Å². The lowest BCUT2D eigenvalue weighted by molar-refractivity contribution is -0.114. The van der Waals surface area contributed by atoms with Crippen molar-refractivity contribution in [3.05, 3.63) is 148 Å². The van der Waals surface area contributed by atoms with Gasteiger partial charge >= 0.3 is 0 Å². The van der Waals surface area contributed by atoms with Crippen LogP contribution in [0.3, 0.4) is 0 Å². The Morgan fingerprint density at radius 3 is 2.40 bits per heavy atom. The van der Waals surface area contributed by atoms with Crippen LogP contribution in [0.25, 0.3) is 28.1 Å². The molecule has 238 valence electrons. The fraction of sp³-hybridized carbons (Fsp3) is 0.0270. The number of anilines is 2. The second-order valence-corrected chi connectivity index (χ2v) is 13.2. The lowest BCUT2D eigenvalue weighted by Crippen LogP contribution is -2.30. The summed E-state index contributed by atoms with van der Waals surface area (Å²) in [5.41, 5.74) is 3.12. The van der Waals surface area contributed by atoms with Gasteiger partial charge < -0.3 is 16.0 Å². The molecule has 48 heavy (non-hydrogen) atoms. The van der Waals surface area contributed by atoms with Gasteiger partial charge in [0, 0.05) is 37.1 Å². The Morgan fingerprint density at radius 1 is 0.792 bits per heavy atom. The molecule has 0 saturated heterocycles. The molecule has 1 aromatic heterocycles. The lowest BCUT2D eigenvalue weighted by Gasteiger charge is -2.12. The van der Waals surface area contributed by atoms with Gasteiger partial charge in [-0.25, -0.2) is 4.98 Å². The average Bonchev–Trinajstić information content (AvgIpc) is 3.56. The number of fused-ring (bicyclic) bond motifs is 1. The van der Waals surface area contributed by atoms with Gasteiger partial charge in [0.1, 0.15) is 5.70 Å². The maximum atomic E-state index is 13.5. The Bertz CT molecular complexity index is 2170. The summed E-state index contributed by atoms with van der Waals surface area (Å²) < 4.78 is 0. The standard InChI is InChI=1S/C37H26Cl2N4O3S2/c38-28-16-15-26(31(39)19-28)18-32(41-35(45)24-8-2-1-3-9-24)36(46)40-29-11-6-12-30(20-29)47-22-34(44)43-37-42-33(21-48-37)27-14-13-23-7-4-5-10-25(23)17-27/h1-21H,22H2,(H,40,46)(H,41,45)(H,42,43,44)/b32-18+. The van der Waals surface area contributed by atoms with E-state index in [1.54, 1.807) is 66.7 Å². The summed E-state index contributed by atoms with van der Waals surface area (Å²) in [7, 11) is 0. The minimum Gasteiger partial charge on any atom is -0.321 e. The third-order valence-corrected chi connectivity index (χ3v) is 9.36. The number of carbonyl (C=O) groups is 3. The zero-order chi connectivity index (χ0) is 33.5. The van der Waals surface area contributed by atoms with E-state index in [2.05, 4.69) is 45.2 Å². The number of carbonyl (C=O) groups excluding carboxylic acids is 3. The van der Waals surface area contributed by atoms with Crippen molar-refractivity contribution in [2.24, 2.45) is 0 Å². The third-order valence-electron chi connectivity index (χ3n) is 7.05. The largest absolute Gasteiger partial charge is 0.321 e. The van der Waals surface area contributed by atoms with Crippen molar-refractivity contribution in [1.29, 1.82) is 0 Å². The third kappa shape index (κ3) is 8.50. The number of halogens is 2. The number of thioether (sulfide) groups is 1. The predicted octanol–water partition coefficient (Wildman–Crippen LogP) is 9.41. The first kappa shape index (κ1) is 33.0. The summed E-state index contributed by atoms with van der Waals surface area (Å²) in [6.07, 6.45) is 1.49. The first-order valence-corrected chi connectivity index (χ1v) is 17.2. The molecular formula is C37H26Cl2N4O3S2. The highest BCUT2D eigenvalue weighted by Gasteiger charge is 2.17. The van der Waals surface area contributed by atoms with Gasteiger partial charge in [-0.2, -0.15) is 0 Å². The van der Waals surface area contributed by atoms with Crippen molar-refractivity contribution in [3.63, 3.8) is 0 Å². The molecule has 0 aliphatic heterocycles. The molecule has 7 nitrogen and oxygen atoms in total. The second-order valence-electron chi connectivity index (χ2n) is 10.5. The van der Waals surface area contributed by atoms with E-state index in [9.17, 15) is 14.4 Å². The van der Waals surface area contributed by atoms with Crippen molar-refractivity contribution in [3.8, 4) is 11.3 Å². The molecule has 6 rings (SSSR count). The maximum absolute atomic E-state index is 13.5. The summed E-state index contributed by atoms with van der Waals surface area (Å²) >= 11 is 15.1. The molecule has 0 atom stereocenters. The molecule has 0 fully saturated rings. The molecule has 0 aliphatic carbocycles. The fourth-order valence-electron chi connectivity index (χ4n) is 4.70. The molecule has 0 aliphatic rings. The molecule has 0 unspecified atom stereocenters. The smallest absolute Gasteiger partial charge is 0.272 e. The second kappa shape index (κ2) is 15.3. The van der Waals surface area contributed by atoms with Gasteiger partial charge in [-0.05, 0) is 70.9 Å². The van der Waals surface area contributed by atoms with Gasteiger partial charge in [-0.3, -0.25) is 14.4 Å². The van der Waals surface area contributed by atoms with E-state index in [0.29, 0.717) is 32.0 Å². The first-order valence-electron chi connectivity index (χ1n) is 14.6. The SMILES string of the molecule is O=C(CSc1cccc(NC(=O)/C(=C\c2ccc(Cl)cc2Cl)NC(=O)c2ccccc2)c1)Nc1nc(-c2ccc3ccccc3c2)cs1. The average molecular weight is 710 g/mol. The highest BCUT2D eigenvalue weighted by atomic mass is 35.5. The van der Waals surface area contributed by atoms with Crippen LogP contribution in [0, 0.1) is 0 Å². The molecular weight excluding hydrogens is 683 g/mol. The first-order chi connectivity index (χ1) is 23.3. The zero-order valence-corrected chi connectivity index (χ0v) is 28.2. The summed E-state index contributed by atoms with van der Waals surface area (Å²) in [6.45, 7) is 0. The van der Waals surface area contributed by atoms with Crippen molar-refractivity contribution >= 4 is 91.7 Å². The van der Waals surface area contributed by atoms with Crippen LogP contribution in [-0.4, -0.2) is 28.5 Å². The summed E-state index contributed by atoms with van der Waals surface area (Å²) in [6, 6.07) is 34.8. The van der Waals surface area contributed by atoms with Crippen LogP contribution in [0.4, 0.5) is 10.8 Å². The summed E-state index contributed by atoms with van der Waals surface area (Å²) in [5.74, 6) is -1.09. The Hall–Kier alpha value is -4.93. The van der Waals surface area contributed by atoms with Crippen LogP contribution in [-0.2, 0) is 9.59 Å². The van der Waals surface area contributed by atoms with Crippen LogP contribution in [0.5, 0.6) is 0 Å². The molecule has 0 spiro atoms. The maximum Gasteiger partial charge on any atom is 0.272 e. The highest BCUT2D eigenvalue weighted by Crippen LogP contribution is 2.29. The molecule has 0 bridgehead atoms. The molecule has 3 amide bonds. The molecule has 5 aromatic carbocycles. The van der Waals surface area contributed by atoms with Gasteiger partial charge in [0.25, 0.3) is 11.8 Å². The number of hydrogen-bond donors (Lipinski definition) is 3. The Balaban J connectivity index is 1.10. The predicted molar refractivity (Wildman–Crippen MR) is 198 cm³/mol. The Morgan fingerprint density at radius 2 is 1.58 bits per heavy atom. The van der Waals surface area contributed by atoms with Crippen LogP contribution >= 0.6 is 46.3 Å². The van der Waals surface area contributed by atoms with E-state index < -0.39 is 11.8 Å². The lowest BCUT2D eigenvalue weighted by atomic mass is 10.1. The van der Waals surface area contributed by atoms with Crippen LogP contribution in [0.1, 0.15) is 15.9 Å². The van der Waals surface area contributed by atoms with E-state index >= 15 is 0 Å². The Kier molecular flexibility index (Phi) is 10.5. The number of rotatable bonds is 10. The number of aromatic nitrogens is 1. The molecule has 6 aromatic rings. The molecule has 11 heteroatoms. The van der Waals surface area contributed by atoms with Crippen molar-refractivity contribution in [1.82, 2.24) is 10.3 Å². The van der Waals surface area contributed by atoms with E-state index in [0.717, 1.165) is 26.9 Å². The minimum atomic E-state index is -0.559. The minimum absolute atomic E-state index is 0.0167. The number of thiazole rings is 1. The fourth-order valence-corrected chi connectivity index (χ4v) is 6.65. The zero-order valence-electron chi connectivity index (χ0n) is 25.1. The summed E-state index contributed by atoms with van der Waals surface area (Å²) in [5, 5.41) is 13.9. The van der Waals surface area contributed by atoms with E-state index in [1.165, 1.54) is 29.2 Å². The quantitative estimate of drug-likeness (QED) is 0.0973. The summed E-state index contributed by atoms with van der Waals surface area (Å²) in [4.78, 5) is 44.6. The monoisotopic (exact) mass is 708 g/mol. The van der Waals surface area contributed by atoms with E-state index in [1.807, 2.05) is 29.6 Å². The molecule has 3 N–H and O–H groups in total. The van der Waals surface area contributed by atoms with Crippen LogP contribution < -0.4 is 16.0 Å². The van der Waals surface area contributed by atoms with Crippen molar-refractivity contribution in [2.45, 2.75) is 4.90 Å². The van der Waals surface area contributed by atoms with Crippen molar-refractivity contribution in [2.75, 3.05) is 16.4 Å². The number of nitrogens with one attached hydrogen (secondary N) is 3. The van der Waals surface area contributed by atoms with Crippen molar-refractivity contribution < 1.29 is 14.4 Å². The number of nitrogens with zero attached hydrogens (tertiary/aromatic N) is 1. The van der Waals surface area contributed by atoms with Gasteiger partial charge in [-0.15, -0.1) is 23.1 Å². The van der Waals surface area contributed by atoms with Gasteiger partial charge in [0.2, 0.25) is 5.91 Å². The highest BCUT2D eigenvalue weighted by molar-refractivity contribution is 8.00. The molecule has 0 saturated carbocycles. The van der Waals surface area contributed by atoms with Gasteiger partial charge in [-0.1, -0.05) is 89.9 Å². The van der Waals surface area contributed by atoms with Crippen LogP contribution in [0.15, 0.2) is 131 Å². The van der Waals surface area contributed by atoms with Gasteiger partial charge in [0.15, 0.2) is 5.13 Å². The number of benzene rings is 5. The Labute approximate surface area is 295 Å². The number of amides is 3. The molecule has 1 heterocycles. The molecule has 0 radical (unpaired) electrons. The number of hydrogen-bond acceptors (Lipinski definition) is 6. The van der Waals surface area contributed by atoms with E-state index in [-0.39, 0.29) is 17.4 Å². The van der Waals surface area contributed by atoms with Crippen LogP contribution in [0.2, 0.25) is 10.0 Å².